The zero-order valence-corrected chi connectivity index (χ0v) is 17.8. The third-order valence-corrected chi connectivity index (χ3v) is 5.07. The summed E-state index contributed by atoms with van der Waals surface area (Å²) in [4.78, 5) is 4.33. The Labute approximate surface area is 183 Å². The highest BCUT2D eigenvalue weighted by molar-refractivity contribution is 9.10. The number of furan rings is 1. The average molecular weight is 501 g/mol. The van der Waals surface area contributed by atoms with Gasteiger partial charge in [0.1, 0.15) is 18.1 Å². The van der Waals surface area contributed by atoms with Gasteiger partial charge in [-0.2, -0.15) is 4.98 Å². The second-order valence-corrected chi connectivity index (χ2v) is 7.84. The molecule has 0 N–H and O–H groups in total. The van der Waals surface area contributed by atoms with Crippen molar-refractivity contribution in [1.29, 1.82) is 0 Å². The molecular weight excluding hydrogens is 490 g/mol. The van der Waals surface area contributed by atoms with Crippen LogP contribution in [0.2, 0.25) is 15.1 Å². The fourth-order valence-corrected chi connectivity index (χ4v) is 3.64. The van der Waals surface area contributed by atoms with E-state index in [1.165, 1.54) is 0 Å². The van der Waals surface area contributed by atoms with E-state index in [2.05, 4.69) is 26.1 Å². The van der Waals surface area contributed by atoms with Crippen molar-refractivity contribution in [1.82, 2.24) is 10.1 Å². The third-order valence-electron chi connectivity index (χ3n) is 3.73. The lowest BCUT2D eigenvalue weighted by Gasteiger charge is -2.06. The van der Waals surface area contributed by atoms with Crippen molar-refractivity contribution in [3.63, 3.8) is 0 Å². The van der Waals surface area contributed by atoms with Gasteiger partial charge in [0.25, 0.3) is 5.89 Å². The molecule has 9 heteroatoms. The van der Waals surface area contributed by atoms with Crippen molar-refractivity contribution in [2.24, 2.45) is 0 Å². The minimum atomic E-state index is 0.200. The maximum absolute atomic E-state index is 6.19. The van der Waals surface area contributed by atoms with Gasteiger partial charge < -0.3 is 13.7 Å². The van der Waals surface area contributed by atoms with E-state index in [-0.39, 0.29) is 12.5 Å². The van der Waals surface area contributed by atoms with E-state index in [1.54, 1.807) is 42.5 Å². The molecule has 2 heterocycles. The van der Waals surface area contributed by atoms with Crippen molar-refractivity contribution in [3.05, 3.63) is 73.8 Å². The highest BCUT2D eigenvalue weighted by atomic mass is 79.9. The van der Waals surface area contributed by atoms with E-state index in [1.807, 2.05) is 6.07 Å². The first-order valence-corrected chi connectivity index (χ1v) is 9.88. The van der Waals surface area contributed by atoms with Gasteiger partial charge in [0.2, 0.25) is 5.82 Å². The predicted molar refractivity (Wildman–Crippen MR) is 111 cm³/mol. The van der Waals surface area contributed by atoms with Gasteiger partial charge in [0.05, 0.1) is 10.0 Å². The summed E-state index contributed by atoms with van der Waals surface area (Å²) in [5.74, 6) is 2.13. The van der Waals surface area contributed by atoms with E-state index in [9.17, 15) is 0 Å². The standard InChI is InChI=1S/C19H10BrCl3N2O3/c20-10-1-5-16(15(23)7-10)26-9-12-3-6-17(27-12)19-24-18(25-28-19)13-4-2-11(21)8-14(13)22/h1-8H,9H2. The molecule has 0 saturated heterocycles. The fourth-order valence-electron chi connectivity index (χ4n) is 2.42. The Morgan fingerprint density at radius 2 is 1.82 bits per heavy atom. The van der Waals surface area contributed by atoms with Crippen LogP contribution >= 0.6 is 50.7 Å². The number of hydrogen-bond acceptors (Lipinski definition) is 5. The maximum atomic E-state index is 6.19. The Balaban J connectivity index is 1.49. The maximum Gasteiger partial charge on any atom is 0.293 e. The summed E-state index contributed by atoms with van der Waals surface area (Å²) in [5, 5.41) is 5.41. The van der Waals surface area contributed by atoms with Crippen LogP contribution in [0.25, 0.3) is 23.0 Å². The summed E-state index contributed by atoms with van der Waals surface area (Å²) in [6, 6.07) is 13.9. The molecule has 2 aromatic carbocycles. The number of aromatic nitrogens is 2. The van der Waals surface area contributed by atoms with Crippen molar-refractivity contribution >= 4 is 50.7 Å². The fraction of sp³-hybridized carbons (Fsp3) is 0.0526. The molecule has 0 aliphatic carbocycles. The Bertz CT molecular complexity index is 1140. The van der Waals surface area contributed by atoms with Gasteiger partial charge >= 0.3 is 0 Å². The average Bonchev–Trinajstić information content (AvgIpc) is 3.30. The summed E-state index contributed by atoms with van der Waals surface area (Å²) in [6.45, 7) is 0.200. The van der Waals surface area contributed by atoms with Gasteiger partial charge in [-0.15, -0.1) is 0 Å². The Hall–Kier alpha value is -1.99. The Morgan fingerprint density at radius 3 is 2.61 bits per heavy atom. The van der Waals surface area contributed by atoms with Crippen molar-refractivity contribution in [2.75, 3.05) is 0 Å². The number of hydrogen-bond donors (Lipinski definition) is 0. The van der Waals surface area contributed by atoms with Crippen LogP contribution < -0.4 is 4.74 Å². The summed E-state index contributed by atoms with van der Waals surface area (Å²) < 4.78 is 17.6. The topological polar surface area (TPSA) is 61.3 Å². The molecule has 142 valence electrons. The summed E-state index contributed by atoms with van der Waals surface area (Å²) >= 11 is 21.6. The molecule has 4 aromatic rings. The van der Waals surface area contributed by atoms with Gasteiger partial charge in [0.15, 0.2) is 5.76 Å². The number of halogens is 4. The van der Waals surface area contributed by atoms with Gasteiger partial charge in [-0.1, -0.05) is 55.9 Å². The molecule has 0 bridgehead atoms. The number of nitrogens with zero attached hydrogens (tertiary/aromatic N) is 2. The van der Waals surface area contributed by atoms with E-state index in [4.69, 9.17) is 48.5 Å². The SMILES string of the molecule is Clc1ccc(-c2noc(-c3ccc(COc4ccc(Br)cc4Cl)o3)n2)c(Cl)c1. The Kier molecular flexibility index (Phi) is 5.64. The summed E-state index contributed by atoms with van der Waals surface area (Å²) in [7, 11) is 0. The number of rotatable bonds is 5. The molecule has 0 fully saturated rings. The van der Waals surface area contributed by atoms with Gasteiger partial charge in [-0.05, 0) is 48.5 Å². The van der Waals surface area contributed by atoms with Crippen molar-refractivity contribution in [2.45, 2.75) is 6.61 Å². The summed E-state index contributed by atoms with van der Waals surface area (Å²) in [5.41, 5.74) is 0.612. The quantitative estimate of drug-likeness (QED) is 0.288. The first-order valence-electron chi connectivity index (χ1n) is 7.95. The van der Waals surface area contributed by atoms with Crippen molar-refractivity contribution < 1.29 is 13.7 Å². The lowest BCUT2D eigenvalue weighted by molar-refractivity contribution is 0.270. The molecule has 0 saturated carbocycles. The molecule has 0 atom stereocenters. The lowest BCUT2D eigenvalue weighted by atomic mass is 10.2. The molecule has 2 aromatic heterocycles. The van der Waals surface area contributed by atoms with E-state index in [0.717, 1.165) is 4.47 Å². The van der Waals surface area contributed by atoms with Crippen LogP contribution in [-0.4, -0.2) is 10.1 Å². The van der Waals surface area contributed by atoms with E-state index >= 15 is 0 Å². The Morgan fingerprint density at radius 1 is 0.964 bits per heavy atom. The minimum absolute atomic E-state index is 0.200. The molecule has 0 spiro atoms. The van der Waals surface area contributed by atoms with Gasteiger partial charge in [-0.3, -0.25) is 0 Å². The smallest absolute Gasteiger partial charge is 0.293 e. The van der Waals surface area contributed by atoms with Gasteiger partial charge in [0, 0.05) is 15.1 Å². The zero-order valence-electron chi connectivity index (χ0n) is 14.0. The number of benzene rings is 2. The molecular formula is C19H10BrCl3N2O3. The summed E-state index contributed by atoms with van der Waals surface area (Å²) in [6.07, 6.45) is 0. The molecule has 0 amide bonds. The molecule has 0 aliphatic rings. The molecule has 4 rings (SSSR count). The van der Waals surface area contributed by atoms with Crippen LogP contribution in [0.1, 0.15) is 5.76 Å². The second-order valence-electron chi connectivity index (χ2n) is 5.68. The molecule has 0 unspecified atom stereocenters. The van der Waals surface area contributed by atoms with Crippen LogP contribution in [0.4, 0.5) is 0 Å². The first kappa shape index (κ1) is 19.3. The van der Waals surface area contributed by atoms with E-state index in [0.29, 0.717) is 43.7 Å². The first-order chi connectivity index (χ1) is 13.5. The van der Waals surface area contributed by atoms with Crippen LogP contribution in [0, 0.1) is 0 Å². The van der Waals surface area contributed by atoms with Crippen LogP contribution in [0.3, 0.4) is 0 Å². The molecule has 0 radical (unpaired) electrons. The van der Waals surface area contributed by atoms with Gasteiger partial charge in [-0.25, -0.2) is 0 Å². The van der Waals surface area contributed by atoms with Crippen molar-refractivity contribution in [3.8, 4) is 28.8 Å². The minimum Gasteiger partial charge on any atom is -0.484 e. The molecule has 5 nitrogen and oxygen atoms in total. The highest BCUT2D eigenvalue weighted by Crippen LogP contribution is 2.31. The van der Waals surface area contributed by atoms with Crippen LogP contribution in [0.5, 0.6) is 5.75 Å². The number of ether oxygens (including phenoxy) is 1. The molecule has 28 heavy (non-hydrogen) atoms. The highest BCUT2D eigenvalue weighted by Gasteiger charge is 2.16. The monoisotopic (exact) mass is 498 g/mol. The molecule has 0 aliphatic heterocycles. The van der Waals surface area contributed by atoms with Crippen LogP contribution in [-0.2, 0) is 6.61 Å². The third kappa shape index (κ3) is 4.20. The normalized spacial score (nSPS) is 11.0. The predicted octanol–water partition coefficient (Wildman–Crippen LogP) is 7.30. The largest absolute Gasteiger partial charge is 0.484 e. The second kappa shape index (κ2) is 8.17. The van der Waals surface area contributed by atoms with E-state index < -0.39 is 0 Å². The zero-order chi connectivity index (χ0) is 19.7. The lowest BCUT2D eigenvalue weighted by Crippen LogP contribution is -1.94. The van der Waals surface area contributed by atoms with Crippen LogP contribution in [0.15, 0.2) is 61.9 Å².